The maximum atomic E-state index is 9.12. The third-order valence-electron chi connectivity index (χ3n) is 5.89. The Morgan fingerprint density at radius 2 is 2.04 bits per heavy atom. The number of nitriles is 1. The molecule has 0 aromatic heterocycles. The molecule has 0 bridgehead atoms. The predicted molar refractivity (Wildman–Crippen MR) is 112 cm³/mol. The lowest BCUT2D eigenvalue weighted by Gasteiger charge is -2.40. The van der Waals surface area contributed by atoms with E-state index in [-0.39, 0.29) is 23.2 Å². The third kappa shape index (κ3) is 4.43. The number of hydrogen-bond donors (Lipinski definition) is 2. The lowest BCUT2D eigenvalue weighted by molar-refractivity contribution is 0.159. The molecule has 144 valence electrons. The fourth-order valence-corrected chi connectivity index (χ4v) is 4.73. The zero-order valence-corrected chi connectivity index (χ0v) is 18.8. The van der Waals surface area contributed by atoms with E-state index in [1.807, 2.05) is 13.0 Å². The Kier molecular flexibility index (Phi) is 6.45. The van der Waals surface area contributed by atoms with Gasteiger partial charge < -0.3 is 15.1 Å². The normalized spacial score (nSPS) is 22.1. The molecule has 2 unspecified atom stereocenters. The number of benzene rings is 1. The minimum Gasteiger partial charge on any atom is -0.412 e. The Morgan fingerprint density at radius 3 is 2.62 bits per heavy atom. The second-order valence-corrected chi connectivity index (χ2v) is 14.0. The Labute approximate surface area is 164 Å². The summed E-state index contributed by atoms with van der Waals surface area (Å²) in [5, 5.41) is 17.0. The maximum Gasteiger partial charge on any atom is 0.192 e. The molecule has 4 nitrogen and oxygen atoms in total. The van der Waals surface area contributed by atoms with Gasteiger partial charge in [-0.1, -0.05) is 32.4 Å². The zero-order chi connectivity index (χ0) is 19.7. The molecule has 2 N–H and O–H groups in total. The number of anilines is 1. The molecule has 26 heavy (non-hydrogen) atoms. The first-order valence-corrected chi connectivity index (χ1v) is 12.6. The summed E-state index contributed by atoms with van der Waals surface area (Å²) in [4.78, 5) is 0. The van der Waals surface area contributed by atoms with Gasteiger partial charge in [-0.3, -0.25) is 0 Å². The van der Waals surface area contributed by atoms with Crippen molar-refractivity contribution in [3.63, 3.8) is 0 Å². The first-order valence-electron chi connectivity index (χ1n) is 9.35. The minimum absolute atomic E-state index is 0.190. The molecule has 0 amide bonds. The molecule has 1 aromatic carbocycles. The molecule has 1 aliphatic rings. The zero-order valence-electron chi connectivity index (χ0n) is 17.0. The van der Waals surface area contributed by atoms with Crippen LogP contribution in [0.2, 0.25) is 23.2 Å². The van der Waals surface area contributed by atoms with E-state index < -0.39 is 8.32 Å². The Morgan fingerprint density at radius 1 is 1.38 bits per heavy atom. The van der Waals surface area contributed by atoms with Gasteiger partial charge in [-0.15, -0.1) is 0 Å². The van der Waals surface area contributed by atoms with Crippen molar-refractivity contribution in [3.05, 3.63) is 28.3 Å². The molecule has 0 radical (unpaired) electrons. The summed E-state index contributed by atoms with van der Waals surface area (Å²) in [6.45, 7) is 16.6. The van der Waals surface area contributed by atoms with Crippen molar-refractivity contribution in [2.24, 2.45) is 0 Å². The Balaban J connectivity index is 2.13. The van der Waals surface area contributed by atoms with Gasteiger partial charge in [0.1, 0.15) is 6.07 Å². The van der Waals surface area contributed by atoms with Gasteiger partial charge >= 0.3 is 0 Å². The summed E-state index contributed by atoms with van der Waals surface area (Å²) in [6.07, 6.45) is 1.25. The van der Waals surface area contributed by atoms with Gasteiger partial charge in [0.05, 0.1) is 22.7 Å². The van der Waals surface area contributed by atoms with Crippen molar-refractivity contribution >= 4 is 25.6 Å². The van der Waals surface area contributed by atoms with E-state index in [1.165, 1.54) is 0 Å². The number of hydrogen-bond acceptors (Lipinski definition) is 4. The van der Waals surface area contributed by atoms with E-state index in [9.17, 15) is 0 Å². The molecule has 1 fully saturated rings. The van der Waals surface area contributed by atoms with E-state index in [0.29, 0.717) is 10.6 Å². The third-order valence-corrected chi connectivity index (χ3v) is 10.9. The number of nitrogens with zero attached hydrogens (tertiary/aromatic N) is 1. The molecule has 0 saturated carbocycles. The molecule has 6 heteroatoms. The second kappa shape index (κ2) is 7.90. The topological polar surface area (TPSA) is 57.1 Å². The van der Waals surface area contributed by atoms with E-state index in [2.05, 4.69) is 57.5 Å². The molecule has 2 rings (SSSR count). The smallest absolute Gasteiger partial charge is 0.192 e. The quantitative estimate of drug-likeness (QED) is 0.685. The fraction of sp³-hybridized carbons (Fsp3) is 0.650. The number of halogens is 1. The van der Waals surface area contributed by atoms with Crippen LogP contribution in [-0.2, 0) is 4.43 Å². The maximum absolute atomic E-state index is 9.12. The molecule has 1 saturated heterocycles. The van der Waals surface area contributed by atoms with Gasteiger partial charge in [-0.05, 0) is 62.6 Å². The summed E-state index contributed by atoms with van der Waals surface area (Å²) in [7, 11) is -1.81. The van der Waals surface area contributed by atoms with Crippen molar-refractivity contribution in [3.8, 4) is 6.07 Å². The second-order valence-electron chi connectivity index (χ2n) is 8.83. The first-order chi connectivity index (χ1) is 12.0. The first kappa shape index (κ1) is 21.2. The van der Waals surface area contributed by atoms with Crippen LogP contribution in [0.5, 0.6) is 0 Å². The predicted octanol–water partition coefficient (Wildman–Crippen LogP) is 5.07. The standard InChI is InChI=1S/C20H32ClN3OSi/c1-13-16(9-8-15(12-22)18(13)21)24-14(2)19-17(10-11-23-19)25-26(6,7)20(3,4)5/h8-9,14,17,19,23-24H,10-11H2,1-7H3/t14?,17-,19?/m0/s1. The highest BCUT2D eigenvalue weighted by molar-refractivity contribution is 6.74. The summed E-state index contributed by atoms with van der Waals surface area (Å²) in [5.74, 6) is 0. The largest absolute Gasteiger partial charge is 0.412 e. The lowest BCUT2D eigenvalue weighted by atomic mass is 10.0. The highest BCUT2D eigenvalue weighted by atomic mass is 35.5. The van der Waals surface area contributed by atoms with Crippen molar-refractivity contribution in [1.82, 2.24) is 5.32 Å². The van der Waals surface area contributed by atoms with Crippen LogP contribution in [0.15, 0.2) is 12.1 Å². The molecule has 1 aromatic rings. The van der Waals surface area contributed by atoms with Crippen LogP contribution in [0.25, 0.3) is 0 Å². The monoisotopic (exact) mass is 393 g/mol. The number of rotatable bonds is 5. The lowest BCUT2D eigenvalue weighted by Crippen LogP contribution is -2.51. The highest BCUT2D eigenvalue weighted by Crippen LogP contribution is 2.39. The van der Waals surface area contributed by atoms with Gasteiger partial charge in [0.25, 0.3) is 0 Å². The van der Waals surface area contributed by atoms with E-state index in [0.717, 1.165) is 24.2 Å². The molecule has 0 aliphatic carbocycles. The molecule has 1 heterocycles. The van der Waals surface area contributed by atoms with Crippen LogP contribution in [-0.4, -0.2) is 33.0 Å². The fourth-order valence-electron chi connectivity index (χ4n) is 3.15. The molecule has 0 spiro atoms. The van der Waals surface area contributed by atoms with Crippen LogP contribution in [0, 0.1) is 18.3 Å². The average molecular weight is 394 g/mol. The van der Waals surface area contributed by atoms with Crippen LogP contribution >= 0.6 is 11.6 Å². The Hall–Kier alpha value is -1.06. The van der Waals surface area contributed by atoms with Crippen LogP contribution < -0.4 is 10.6 Å². The molecular weight excluding hydrogens is 362 g/mol. The minimum atomic E-state index is -1.81. The van der Waals surface area contributed by atoms with Crippen molar-refractivity contribution in [2.45, 2.75) is 77.4 Å². The summed E-state index contributed by atoms with van der Waals surface area (Å²) < 4.78 is 6.69. The highest BCUT2D eigenvalue weighted by Gasteiger charge is 2.43. The van der Waals surface area contributed by atoms with E-state index in [1.54, 1.807) is 6.07 Å². The van der Waals surface area contributed by atoms with E-state index >= 15 is 0 Å². The Bertz CT molecular complexity index is 694. The van der Waals surface area contributed by atoms with Crippen molar-refractivity contribution in [1.29, 1.82) is 5.26 Å². The van der Waals surface area contributed by atoms with Gasteiger partial charge in [0, 0.05) is 11.7 Å². The van der Waals surface area contributed by atoms with Crippen molar-refractivity contribution < 1.29 is 4.43 Å². The SMILES string of the molecule is Cc1c(NC(C)C2NCC[C@@H]2O[Si](C)(C)C(C)(C)C)ccc(C#N)c1Cl. The molecular formula is C20H32ClN3OSi. The van der Waals surface area contributed by atoms with Crippen LogP contribution in [0.1, 0.15) is 45.2 Å². The average Bonchev–Trinajstić information content (AvgIpc) is 2.98. The molecule has 1 aliphatic heterocycles. The van der Waals surface area contributed by atoms with Crippen LogP contribution in [0.3, 0.4) is 0 Å². The van der Waals surface area contributed by atoms with Crippen LogP contribution in [0.4, 0.5) is 5.69 Å². The summed E-state index contributed by atoms with van der Waals surface area (Å²) in [5.41, 5.74) is 2.40. The summed E-state index contributed by atoms with van der Waals surface area (Å²) >= 11 is 6.31. The van der Waals surface area contributed by atoms with Crippen molar-refractivity contribution in [2.75, 3.05) is 11.9 Å². The summed E-state index contributed by atoms with van der Waals surface area (Å²) in [6, 6.07) is 6.28. The van der Waals surface area contributed by atoms with Gasteiger partial charge in [-0.25, -0.2) is 0 Å². The van der Waals surface area contributed by atoms with E-state index in [4.69, 9.17) is 21.3 Å². The van der Waals surface area contributed by atoms with Gasteiger partial charge in [0.15, 0.2) is 8.32 Å². The number of nitrogens with one attached hydrogen (secondary N) is 2. The van der Waals surface area contributed by atoms with Gasteiger partial charge in [0.2, 0.25) is 0 Å². The molecule has 3 atom stereocenters. The van der Waals surface area contributed by atoms with Gasteiger partial charge in [-0.2, -0.15) is 5.26 Å².